The first kappa shape index (κ1) is 12.6. The van der Waals surface area contributed by atoms with Crippen LogP contribution in [0.3, 0.4) is 0 Å². The summed E-state index contributed by atoms with van der Waals surface area (Å²) in [4.78, 5) is 25.0. The van der Waals surface area contributed by atoms with Gasteiger partial charge in [0.1, 0.15) is 17.8 Å². The summed E-state index contributed by atoms with van der Waals surface area (Å²) >= 11 is 0. The number of nitrogens with zero attached hydrogens (tertiary/aromatic N) is 1. The van der Waals surface area contributed by atoms with Crippen LogP contribution in [0.15, 0.2) is 21.9 Å². The lowest BCUT2D eigenvalue weighted by Gasteiger charge is -2.35. The van der Waals surface area contributed by atoms with Gasteiger partial charge in [0.2, 0.25) is 0 Å². The topological polar surface area (TPSA) is 93.6 Å². The van der Waals surface area contributed by atoms with E-state index >= 15 is 0 Å². The highest BCUT2D eigenvalue weighted by molar-refractivity contribution is 5.10. The molecular formula is C12H16N2O5. The van der Waals surface area contributed by atoms with E-state index in [0.29, 0.717) is 6.42 Å². The normalized spacial score (nSPS) is 40.8. The number of H-pyrrole nitrogens is 1. The summed E-state index contributed by atoms with van der Waals surface area (Å²) in [7, 11) is 0. The Bertz CT molecular complexity index is 609. The van der Waals surface area contributed by atoms with Crippen molar-refractivity contribution in [3.63, 3.8) is 0 Å². The molecule has 19 heavy (non-hydrogen) atoms. The van der Waals surface area contributed by atoms with Crippen molar-refractivity contribution in [2.75, 3.05) is 0 Å². The first-order valence-electron chi connectivity index (χ1n) is 6.32. The number of hydrogen-bond acceptors (Lipinski definition) is 5. The number of rotatable bonds is 2. The Kier molecular flexibility index (Phi) is 2.67. The molecular weight excluding hydrogens is 252 g/mol. The van der Waals surface area contributed by atoms with E-state index in [1.54, 1.807) is 0 Å². The molecule has 1 unspecified atom stereocenters. The van der Waals surface area contributed by atoms with Gasteiger partial charge in [-0.15, -0.1) is 0 Å². The molecule has 3 heterocycles. The number of aromatic amines is 1. The molecule has 2 aliphatic heterocycles. The van der Waals surface area contributed by atoms with Gasteiger partial charge in [-0.3, -0.25) is 14.3 Å². The average Bonchev–Trinajstić information content (AvgIpc) is 2.77. The van der Waals surface area contributed by atoms with Gasteiger partial charge in [-0.05, 0) is 13.3 Å². The van der Waals surface area contributed by atoms with E-state index in [1.807, 2.05) is 13.8 Å². The van der Waals surface area contributed by atoms with E-state index in [0.717, 1.165) is 0 Å². The minimum atomic E-state index is -0.787. The second-order valence-electron chi connectivity index (χ2n) is 5.02. The number of aliphatic hydroxyl groups is 1. The largest absolute Gasteiger partial charge is 0.387 e. The fraction of sp³-hybridized carbons (Fsp3) is 0.667. The van der Waals surface area contributed by atoms with Crippen molar-refractivity contribution in [2.24, 2.45) is 0 Å². The van der Waals surface area contributed by atoms with Crippen LogP contribution in [-0.2, 0) is 9.47 Å². The van der Waals surface area contributed by atoms with Crippen LogP contribution in [0.4, 0.5) is 0 Å². The smallest absolute Gasteiger partial charge is 0.330 e. The van der Waals surface area contributed by atoms with Crippen molar-refractivity contribution in [1.82, 2.24) is 9.55 Å². The van der Waals surface area contributed by atoms with Gasteiger partial charge < -0.3 is 14.6 Å². The monoisotopic (exact) mass is 268 g/mol. The van der Waals surface area contributed by atoms with Gasteiger partial charge in [0.25, 0.3) is 5.56 Å². The van der Waals surface area contributed by atoms with E-state index in [4.69, 9.17) is 9.47 Å². The summed E-state index contributed by atoms with van der Waals surface area (Å²) in [6, 6.07) is 1.24. The molecule has 2 bridgehead atoms. The summed E-state index contributed by atoms with van der Waals surface area (Å²) in [5.74, 6) is 0. The molecule has 2 saturated heterocycles. The molecule has 0 amide bonds. The Hall–Kier alpha value is -1.44. The standard InChI is InChI=1S/C12H16N2O5/c1-3-12-6(2)18-8(9(12)16)10(19-12)14-5-4-7(15)13-11(14)17/h4-6,8-10,16H,3H2,1-2H3,(H,13,15,17)/t6?,8-,9+,10+,12+/m0/s1. The van der Waals surface area contributed by atoms with Crippen LogP contribution in [-0.4, -0.2) is 38.6 Å². The van der Waals surface area contributed by atoms with Gasteiger partial charge in [0, 0.05) is 12.3 Å². The Balaban J connectivity index is 2.02. The maximum atomic E-state index is 11.8. The lowest BCUT2D eigenvalue weighted by Crippen LogP contribution is -2.46. The van der Waals surface area contributed by atoms with E-state index < -0.39 is 35.3 Å². The second-order valence-corrected chi connectivity index (χ2v) is 5.02. The highest BCUT2D eigenvalue weighted by atomic mass is 16.7. The van der Waals surface area contributed by atoms with Gasteiger partial charge in [0.05, 0.1) is 6.10 Å². The number of ether oxygens (including phenoxy) is 2. The molecule has 2 N–H and O–H groups in total. The molecule has 0 aliphatic carbocycles. The SMILES string of the molecule is CC[C@@]12O[C@@H](n3ccc(=O)[nH]c3=O)[C@@H](OC1C)[C@H]2O. The average molecular weight is 268 g/mol. The zero-order valence-corrected chi connectivity index (χ0v) is 10.7. The molecule has 2 aliphatic rings. The molecule has 7 heteroatoms. The molecule has 0 spiro atoms. The zero-order valence-electron chi connectivity index (χ0n) is 10.7. The predicted molar refractivity (Wildman–Crippen MR) is 64.8 cm³/mol. The van der Waals surface area contributed by atoms with Crippen LogP contribution >= 0.6 is 0 Å². The number of hydrogen-bond donors (Lipinski definition) is 2. The van der Waals surface area contributed by atoms with Crippen LogP contribution < -0.4 is 11.2 Å². The van der Waals surface area contributed by atoms with E-state index in [9.17, 15) is 14.7 Å². The molecule has 0 saturated carbocycles. The van der Waals surface area contributed by atoms with E-state index in [-0.39, 0.29) is 6.10 Å². The van der Waals surface area contributed by atoms with Gasteiger partial charge in [-0.2, -0.15) is 0 Å². The van der Waals surface area contributed by atoms with Gasteiger partial charge in [0.15, 0.2) is 6.23 Å². The third-order valence-electron chi connectivity index (χ3n) is 4.16. The maximum absolute atomic E-state index is 11.8. The molecule has 0 radical (unpaired) electrons. The fourth-order valence-electron chi connectivity index (χ4n) is 3.05. The summed E-state index contributed by atoms with van der Waals surface area (Å²) < 4.78 is 12.8. The molecule has 2 fully saturated rings. The first-order valence-corrected chi connectivity index (χ1v) is 6.32. The minimum Gasteiger partial charge on any atom is -0.387 e. The molecule has 1 aromatic rings. The zero-order chi connectivity index (χ0) is 13.8. The summed E-state index contributed by atoms with van der Waals surface area (Å²) in [5.41, 5.74) is -1.82. The molecule has 0 aromatic carbocycles. The Morgan fingerprint density at radius 3 is 2.84 bits per heavy atom. The second kappa shape index (κ2) is 4.03. The highest BCUT2D eigenvalue weighted by Gasteiger charge is 2.64. The number of nitrogens with one attached hydrogen (secondary N) is 1. The van der Waals surface area contributed by atoms with E-state index in [2.05, 4.69) is 4.98 Å². The molecule has 5 atom stereocenters. The quantitative estimate of drug-likeness (QED) is 0.744. The van der Waals surface area contributed by atoms with Gasteiger partial charge in [-0.25, -0.2) is 4.79 Å². The number of fused-ring (bicyclic) bond motifs is 2. The van der Waals surface area contributed by atoms with Crippen molar-refractivity contribution in [1.29, 1.82) is 0 Å². The van der Waals surface area contributed by atoms with E-state index in [1.165, 1.54) is 16.8 Å². The van der Waals surface area contributed by atoms with Crippen LogP contribution in [0.5, 0.6) is 0 Å². The molecule has 1 aromatic heterocycles. The predicted octanol–water partition coefficient (Wildman–Crippen LogP) is -0.638. The lowest BCUT2D eigenvalue weighted by molar-refractivity contribution is -0.208. The van der Waals surface area contributed by atoms with Gasteiger partial charge in [-0.1, -0.05) is 6.92 Å². The highest BCUT2D eigenvalue weighted by Crippen LogP contribution is 2.49. The third kappa shape index (κ3) is 1.55. The van der Waals surface area contributed by atoms with Crippen LogP contribution in [0.2, 0.25) is 0 Å². The van der Waals surface area contributed by atoms with Crippen molar-refractivity contribution >= 4 is 0 Å². The molecule has 104 valence electrons. The Morgan fingerprint density at radius 2 is 2.26 bits per heavy atom. The fourth-order valence-corrected chi connectivity index (χ4v) is 3.05. The summed E-state index contributed by atoms with van der Waals surface area (Å²) in [6.45, 7) is 3.75. The lowest BCUT2D eigenvalue weighted by atomic mass is 9.91. The first-order chi connectivity index (χ1) is 8.99. The maximum Gasteiger partial charge on any atom is 0.330 e. The molecule has 3 rings (SSSR count). The summed E-state index contributed by atoms with van der Waals surface area (Å²) in [6.07, 6.45) is -0.380. The summed E-state index contributed by atoms with van der Waals surface area (Å²) in [5, 5.41) is 10.3. The Labute approximate surface area is 108 Å². The number of aliphatic hydroxyl groups excluding tert-OH is 1. The minimum absolute atomic E-state index is 0.229. The van der Waals surface area contributed by atoms with Crippen molar-refractivity contribution < 1.29 is 14.6 Å². The van der Waals surface area contributed by atoms with Crippen molar-refractivity contribution in [2.45, 2.75) is 50.4 Å². The number of aromatic nitrogens is 2. The van der Waals surface area contributed by atoms with Crippen molar-refractivity contribution in [3.8, 4) is 0 Å². The Morgan fingerprint density at radius 1 is 1.53 bits per heavy atom. The molecule has 7 nitrogen and oxygen atoms in total. The van der Waals surface area contributed by atoms with Crippen LogP contribution in [0.1, 0.15) is 26.5 Å². The third-order valence-corrected chi connectivity index (χ3v) is 4.16. The van der Waals surface area contributed by atoms with Crippen LogP contribution in [0, 0.1) is 0 Å². The van der Waals surface area contributed by atoms with Crippen LogP contribution in [0.25, 0.3) is 0 Å². The van der Waals surface area contributed by atoms with Gasteiger partial charge >= 0.3 is 5.69 Å². The van der Waals surface area contributed by atoms with Crippen molar-refractivity contribution in [3.05, 3.63) is 33.1 Å².